The summed E-state index contributed by atoms with van der Waals surface area (Å²) in [5.74, 6) is 0.0304. The van der Waals surface area contributed by atoms with E-state index in [0.717, 1.165) is 28.2 Å². The molecule has 5 heteroatoms. The highest BCUT2D eigenvalue weighted by molar-refractivity contribution is 7.10. The van der Waals surface area contributed by atoms with Crippen LogP contribution in [0.25, 0.3) is 11.6 Å². The summed E-state index contributed by atoms with van der Waals surface area (Å²) in [6, 6.07) is 7.79. The fourth-order valence-corrected chi connectivity index (χ4v) is 2.98. The molecule has 0 spiro atoms. The van der Waals surface area contributed by atoms with Crippen LogP contribution >= 0.6 is 11.3 Å². The van der Waals surface area contributed by atoms with Gasteiger partial charge in [-0.05, 0) is 19.1 Å². The minimum Gasteiger partial charge on any atom is -0.493 e. The minimum atomic E-state index is -0.143. The molecular formula is C14H12N2O2S. The number of hydrogen-bond donors (Lipinski definition) is 1. The zero-order valence-electron chi connectivity index (χ0n) is 10.3. The zero-order chi connectivity index (χ0) is 13.4. The van der Waals surface area contributed by atoms with E-state index < -0.39 is 0 Å². The summed E-state index contributed by atoms with van der Waals surface area (Å²) in [6.45, 7) is 2.30. The molecule has 0 fully saturated rings. The molecule has 19 heavy (non-hydrogen) atoms. The van der Waals surface area contributed by atoms with E-state index >= 15 is 0 Å². The molecule has 0 saturated heterocycles. The zero-order valence-corrected chi connectivity index (χ0v) is 11.1. The topological polar surface area (TPSA) is 54.6 Å². The van der Waals surface area contributed by atoms with Crippen molar-refractivity contribution in [3.63, 3.8) is 0 Å². The van der Waals surface area contributed by atoms with E-state index in [9.17, 15) is 9.90 Å². The van der Waals surface area contributed by atoms with Gasteiger partial charge in [0.15, 0.2) is 0 Å². The third-order valence-corrected chi connectivity index (χ3v) is 3.97. The molecule has 1 aliphatic rings. The first-order valence-corrected chi connectivity index (χ1v) is 6.80. The lowest BCUT2D eigenvalue weighted by atomic mass is 10.1. The van der Waals surface area contributed by atoms with Gasteiger partial charge in [0.05, 0.1) is 10.6 Å². The van der Waals surface area contributed by atoms with Gasteiger partial charge in [-0.3, -0.25) is 14.4 Å². The van der Waals surface area contributed by atoms with E-state index in [1.165, 1.54) is 4.57 Å². The smallest absolute Gasteiger partial charge is 0.310 e. The Balaban J connectivity index is 2.10. The van der Waals surface area contributed by atoms with E-state index in [1.54, 1.807) is 6.21 Å². The average molecular weight is 272 g/mol. The number of aromatic nitrogens is 1. The van der Waals surface area contributed by atoms with Crippen LogP contribution in [0.5, 0.6) is 5.88 Å². The van der Waals surface area contributed by atoms with E-state index in [0.29, 0.717) is 11.4 Å². The maximum atomic E-state index is 11.7. The van der Waals surface area contributed by atoms with Gasteiger partial charge in [-0.1, -0.05) is 29.5 Å². The molecule has 96 valence electrons. The third kappa shape index (κ3) is 1.92. The number of aliphatic imine (C=N–C) groups is 1. The molecule has 0 atom stereocenters. The summed E-state index contributed by atoms with van der Waals surface area (Å²) in [5.41, 5.74) is 2.84. The molecular weight excluding hydrogens is 260 g/mol. The predicted molar refractivity (Wildman–Crippen MR) is 78.4 cm³/mol. The van der Waals surface area contributed by atoms with Crippen molar-refractivity contribution in [1.82, 2.24) is 4.57 Å². The highest BCUT2D eigenvalue weighted by atomic mass is 32.1. The highest BCUT2D eigenvalue weighted by Crippen LogP contribution is 2.34. The fourth-order valence-electron chi connectivity index (χ4n) is 2.08. The van der Waals surface area contributed by atoms with Gasteiger partial charge in [-0.15, -0.1) is 0 Å². The lowest BCUT2D eigenvalue weighted by molar-refractivity contribution is 0.417. The normalized spacial score (nSPS) is 15.1. The van der Waals surface area contributed by atoms with Crippen LogP contribution in [0.1, 0.15) is 17.4 Å². The van der Waals surface area contributed by atoms with Gasteiger partial charge >= 0.3 is 4.87 Å². The molecule has 0 saturated carbocycles. The molecule has 1 N–H and O–H groups in total. The number of benzene rings is 1. The van der Waals surface area contributed by atoms with Crippen molar-refractivity contribution >= 4 is 34.9 Å². The Bertz CT molecular complexity index is 753. The van der Waals surface area contributed by atoms with Crippen LogP contribution in [0, 0.1) is 0 Å². The molecule has 0 bridgehead atoms. The monoisotopic (exact) mass is 272 g/mol. The number of rotatable bonds is 2. The van der Waals surface area contributed by atoms with E-state index in [2.05, 4.69) is 4.99 Å². The lowest BCUT2D eigenvalue weighted by Gasteiger charge is -1.99. The summed E-state index contributed by atoms with van der Waals surface area (Å²) in [7, 11) is 0. The van der Waals surface area contributed by atoms with E-state index in [-0.39, 0.29) is 10.8 Å². The summed E-state index contributed by atoms with van der Waals surface area (Å²) in [5, 5.41) is 10.0. The van der Waals surface area contributed by atoms with Crippen LogP contribution in [-0.2, 0) is 6.54 Å². The summed E-state index contributed by atoms with van der Waals surface area (Å²) >= 11 is 1.05. The van der Waals surface area contributed by atoms with Gasteiger partial charge in [-0.25, -0.2) is 0 Å². The minimum absolute atomic E-state index is 0.0304. The fraction of sp³-hybridized carbons (Fsp3) is 0.143. The number of fused-ring (bicyclic) bond motifs is 1. The van der Waals surface area contributed by atoms with Crippen molar-refractivity contribution in [2.75, 3.05) is 0 Å². The maximum Gasteiger partial charge on any atom is 0.310 e. The van der Waals surface area contributed by atoms with Gasteiger partial charge in [0, 0.05) is 23.9 Å². The van der Waals surface area contributed by atoms with Gasteiger partial charge < -0.3 is 5.11 Å². The van der Waals surface area contributed by atoms with Gasteiger partial charge in [0.2, 0.25) is 5.88 Å². The Morgan fingerprint density at radius 1 is 1.42 bits per heavy atom. The van der Waals surface area contributed by atoms with Crippen LogP contribution in [0.4, 0.5) is 5.69 Å². The quantitative estimate of drug-likeness (QED) is 0.914. The molecule has 1 aromatic carbocycles. The van der Waals surface area contributed by atoms with Crippen LogP contribution < -0.4 is 4.87 Å². The first kappa shape index (κ1) is 11.9. The lowest BCUT2D eigenvalue weighted by Crippen LogP contribution is -2.09. The second-order valence-electron chi connectivity index (χ2n) is 4.18. The van der Waals surface area contributed by atoms with Gasteiger partial charge in [0.25, 0.3) is 0 Å². The SMILES string of the molecule is CCn1c(O)c(/C=C2\C=Nc3ccccc32)sc1=O. The number of allylic oxidation sites excluding steroid dienone is 1. The molecule has 1 aliphatic heterocycles. The van der Waals surface area contributed by atoms with Gasteiger partial charge in [-0.2, -0.15) is 0 Å². The van der Waals surface area contributed by atoms with Crippen molar-refractivity contribution in [1.29, 1.82) is 0 Å². The van der Waals surface area contributed by atoms with Crippen LogP contribution in [0.3, 0.4) is 0 Å². The Kier molecular flexibility index (Phi) is 2.83. The number of thiazole rings is 1. The summed E-state index contributed by atoms with van der Waals surface area (Å²) in [6.07, 6.45) is 3.56. The third-order valence-electron chi connectivity index (χ3n) is 3.05. The first-order valence-electron chi connectivity index (χ1n) is 5.98. The first-order chi connectivity index (χ1) is 9.20. The Hall–Kier alpha value is -2.14. The van der Waals surface area contributed by atoms with Crippen LogP contribution in [-0.4, -0.2) is 15.9 Å². The maximum absolute atomic E-state index is 11.7. The molecule has 1 aromatic heterocycles. The van der Waals surface area contributed by atoms with Crippen molar-refractivity contribution in [3.8, 4) is 5.88 Å². The average Bonchev–Trinajstić information content (AvgIpc) is 2.93. The number of aromatic hydroxyl groups is 1. The standard InChI is InChI=1S/C14H12N2O2S/c1-2-16-13(17)12(19-14(16)18)7-9-8-15-11-6-4-3-5-10(9)11/h3-8,17H,2H2,1H3/b9-7+. The molecule has 0 aliphatic carbocycles. The largest absolute Gasteiger partial charge is 0.493 e. The van der Waals surface area contributed by atoms with Gasteiger partial charge in [0.1, 0.15) is 0 Å². The Labute approximate surface area is 114 Å². The number of para-hydroxylation sites is 1. The summed E-state index contributed by atoms with van der Waals surface area (Å²) in [4.78, 5) is 16.4. The van der Waals surface area contributed by atoms with Crippen molar-refractivity contribution in [2.45, 2.75) is 13.5 Å². The molecule has 2 aromatic rings. The van der Waals surface area contributed by atoms with Crippen molar-refractivity contribution in [3.05, 3.63) is 44.4 Å². The molecule has 3 rings (SSSR count). The Morgan fingerprint density at radius 2 is 2.21 bits per heavy atom. The molecule has 0 amide bonds. The molecule has 0 radical (unpaired) electrons. The van der Waals surface area contributed by atoms with Crippen molar-refractivity contribution < 1.29 is 5.11 Å². The number of hydrogen-bond acceptors (Lipinski definition) is 4. The Morgan fingerprint density at radius 3 is 2.95 bits per heavy atom. The van der Waals surface area contributed by atoms with E-state index in [1.807, 2.05) is 37.3 Å². The molecule has 0 unspecified atom stereocenters. The van der Waals surface area contributed by atoms with Crippen molar-refractivity contribution in [2.24, 2.45) is 4.99 Å². The molecule has 4 nitrogen and oxygen atoms in total. The van der Waals surface area contributed by atoms with Crippen LogP contribution in [0.2, 0.25) is 0 Å². The molecule has 2 heterocycles. The number of nitrogens with zero attached hydrogens (tertiary/aromatic N) is 2. The summed E-state index contributed by atoms with van der Waals surface area (Å²) < 4.78 is 1.36. The predicted octanol–water partition coefficient (Wildman–Crippen LogP) is 2.89. The second-order valence-corrected chi connectivity index (χ2v) is 5.17. The second kappa shape index (κ2) is 4.51. The highest BCUT2D eigenvalue weighted by Gasteiger charge is 2.15. The van der Waals surface area contributed by atoms with Crippen LogP contribution in [0.15, 0.2) is 34.1 Å². The van der Waals surface area contributed by atoms with E-state index in [4.69, 9.17) is 0 Å².